The predicted octanol–water partition coefficient (Wildman–Crippen LogP) is 1.79. The monoisotopic (exact) mass is 253 g/mol. The lowest BCUT2D eigenvalue weighted by atomic mass is 10.1. The van der Waals surface area contributed by atoms with Crippen LogP contribution in [0.3, 0.4) is 0 Å². The van der Waals surface area contributed by atoms with Gasteiger partial charge in [0.2, 0.25) is 0 Å². The third kappa shape index (κ3) is 4.52. The summed E-state index contributed by atoms with van der Waals surface area (Å²) >= 11 is 0. The molecular formula is C15H31N3. The van der Waals surface area contributed by atoms with Crippen LogP contribution in [-0.4, -0.2) is 62.7 Å². The van der Waals surface area contributed by atoms with E-state index in [0.717, 1.165) is 12.0 Å². The van der Waals surface area contributed by atoms with Crippen LogP contribution in [0.1, 0.15) is 38.5 Å². The van der Waals surface area contributed by atoms with Gasteiger partial charge in [-0.2, -0.15) is 0 Å². The van der Waals surface area contributed by atoms with E-state index in [4.69, 9.17) is 0 Å². The van der Waals surface area contributed by atoms with Crippen LogP contribution in [0.4, 0.5) is 0 Å². The molecule has 0 aromatic carbocycles. The van der Waals surface area contributed by atoms with Gasteiger partial charge in [-0.1, -0.05) is 12.8 Å². The largest absolute Gasteiger partial charge is 0.315 e. The van der Waals surface area contributed by atoms with E-state index < -0.39 is 0 Å². The van der Waals surface area contributed by atoms with Gasteiger partial charge in [0.25, 0.3) is 0 Å². The summed E-state index contributed by atoms with van der Waals surface area (Å²) in [5, 5.41) is 3.67. The van der Waals surface area contributed by atoms with Crippen LogP contribution in [0.15, 0.2) is 0 Å². The third-order valence-electron chi connectivity index (χ3n) is 4.56. The van der Waals surface area contributed by atoms with Crippen LogP contribution in [0.2, 0.25) is 0 Å². The summed E-state index contributed by atoms with van der Waals surface area (Å²) in [6.07, 6.45) is 8.62. The second-order valence-electron chi connectivity index (χ2n) is 6.45. The maximum atomic E-state index is 3.67. The van der Waals surface area contributed by atoms with Crippen molar-refractivity contribution in [2.45, 2.75) is 44.6 Å². The first-order valence-electron chi connectivity index (χ1n) is 7.85. The van der Waals surface area contributed by atoms with E-state index in [0.29, 0.717) is 0 Å². The third-order valence-corrected chi connectivity index (χ3v) is 4.56. The lowest BCUT2D eigenvalue weighted by molar-refractivity contribution is 0.207. The summed E-state index contributed by atoms with van der Waals surface area (Å²) in [7, 11) is 4.38. The Kier molecular flexibility index (Phi) is 5.93. The second-order valence-corrected chi connectivity index (χ2v) is 6.45. The molecule has 3 heteroatoms. The molecule has 1 heterocycles. The molecule has 1 saturated heterocycles. The standard InChI is InChI=1S/C15H31N3/c1-17(2)13-15-8-5-10-18(15)11-9-16-12-14-6-3-4-7-14/h14-16H,3-13H2,1-2H3. The van der Waals surface area contributed by atoms with E-state index in [-0.39, 0.29) is 0 Å². The van der Waals surface area contributed by atoms with Crippen LogP contribution in [0, 0.1) is 5.92 Å². The van der Waals surface area contributed by atoms with Crippen molar-refractivity contribution in [1.29, 1.82) is 0 Å². The molecule has 0 aromatic rings. The number of hydrogen-bond donors (Lipinski definition) is 1. The first-order chi connectivity index (χ1) is 8.75. The van der Waals surface area contributed by atoms with Crippen molar-refractivity contribution >= 4 is 0 Å². The van der Waals surface area contributed by atoms with Gasteiger partial charge in [-0.05, 0) is 58.8 Å². The van der Waals surface area contributed by atoms with Gasteiger partial charge in [-0.25, -0.2) is 0 Å². The van der Waals surface area contributed by atoms with Crippen LogP contribution >= 0.6 is 0 Å². The zero-order valence-corrected chi connectivity index (χ0v) is 12.3. The van der Waals surface area contributed by atoms with E-state index in [9.17, 15) is 0 Å². The summed E-state index contributed by atoms with van der Waals surface area (Å²) in [5.74, 6) is 0.973. The van der Waals surface area contributed by atoms with E-state index in [1.165, 1.54) is 71.2 Å². The number of likely N-dealkylation sites (N-methyl/N-ethyl adjacent to an activating group) is 1. The minimum atomic E-state index is 0.799. The first-order valence-corrected chi connectivity index (χ1v) is 7.85. The molecule has 0 aromatic heterocycles. The lowest BCUT2D eigenvalue weighted by Gasteiger charge is -2.27. The number of nitrogens with one attached hydrogen (secondary N) is 1. The Bertz CT molecular complexity index is 224. The summed E-state index contributed by atoms with van der Waals surface area (Å²) in [5.41, 5.74) is 0. The fraction of sp³-hybridized carbons (Fsp3) is 1.00. The van der Waals surface area contributed by atoms with Gasteiger partial charge >= 0.3 is 0 Å². The van der Waals surface area contributed by atoms with Crippen molar-refractivity contribution in [2.75, 3.05) is 46.8 Å². The number of rotatable bonds is 7. The maximum Gasteiger partial charge on any atom is 0.0223 e. The van der Waals surface area contributed by atoms with Crippen molar-refractivity contribution in [3.63, 3.8) is 0 Å². The molecule has 2 fully saturated rings. The molecular weight excluding hydrogens is 222 g/mol. The average Bonchev–Trinajstić information content (AvgIpc) is 2.95. The van der Waals surface area contributed by atoms with Crippen molar-refractivity contribution < 1.29 is 0 Å². The van der Waals surface area contributed by atoms with Gasteiger partial charge in [0.15, 0.2) is 0 Å². The fourth-order valence-corrected chi connectivity index (χ4v) is 3.56. The normalized spacial score (nSPS) is 26.5. The van der Waals surface area contributed by atoms with Crippen LogP contribution in [0.5, 0.6) is 0 Å². The Morgan fingerprint density at radius 1 is 1.11 bits per heavy atom. The highest BCUT2D eigenvalue weighted by Gasteiger charge is 2.24. The molecule has 2 rings (SSSR count). The van der Waals surface area contributed by atoms with Crippen molar-refractivity contribution in [2.24, 2.45) is 5.92 Å². The summed E-state index contributed by atoms with van der Waals surface area (Å²) in [4.78, 5) is 5.01. The number of likely N-dealkylation sites (tertiary alicyclic amines) is 1. The second kappa shape index (κ2) is 7.46. The molecule has 1 atom stereocenters. The minimum Gasteiger partial charge on any atom is -0.315 e. The molecule has 106 valence electrons. The van der Waals surface area contributed by atoms with Crippen molar-refractivity contribution in [1.82, 2.24) is 15.1 Å². The van der Waals surface area contributed by atoms with E-state index in [1.54, 1.807) is 0 Å². The van der Waals surface area contributed by atoms with E-state index in [2.05, 4.69) is 29.2 Å². The van der Waals surface area contributed by atoms with Crippen LogP contribution in [0.25, 0.3) is 0 Å². The summed E-state index contributed by atoms with van der Waals surface area (Å²) in [6.45, 7) is 6.21. The molecule has 18 heavy (non-hydrogen) atoms. The van der Waals surface area contributed by atoms with E-state index in [1.807, 2.05) is 0 Å². The first kappa shape index (κ1) is 14.3. The van der Waals surface area contributed by atoms with Crippen LogP contribution in [-0.2, 0) is 0 Å². The van der Waals surface area contributed by atoms with Crippen molar-refractivity contribution in [3.05, 3.63) is 0 Å². The SMILES string of the molecule is CN(C)CC1CCCN1CCNCC1CCCC1. The predicted molar refractivity (Wildman–Crippen MR) is 78.0 cm³/mol. The molecule has 0 bridgehead atoms. The molecule has 3 nitrogen and oxygen atoms in total. The smallest absolute Gasteiger partial charge is 0.0223 e. The number of hydrogen-bond acceptors (Lipinski definition) is 3. The highest BCUT2D eigenvalue weighted by Crippen LogP contribution is 2.23. The zero-order chi connectivity index (χ0) is 12.8. The summed E-state index contributed by atoms with van der Waals surface area (Å²) in [6, 6.07) is 0.799. The molecule has 1 N–H and O–H groups in total. The Labute approximate surface area is 113 Å². The topological polar surface area (TPSA) is 18.5 Å². The molecule has 1 saturated carbocycles. The van der Waals surface area contributed by atoms with Gasteiger partial charge < -0.3 is 10.2 Å². The quantitative estimate of drug-likeness (QED) is 0.698. The van der Waals surface area contributed by atoms with Gasteiger partial charge in [-0.15, -0.1) is 0 Å². The highest BCUT2D eigenvalue weighted by atomic mass is 15.2. The molecule has 1 aliphatic heterocycles. The van der Waals surface area contributed by atoms with Gasteiger partial charge in [0.05, 0.1) is 0 Å². The Morgan fingerprint density at radius 3 is 2.61 bits per heavy atom. The Balaban J connectivity index is 1.57. The molecule has 0 radical (unpaired) electrons. The number of nitrogens with zero attached hydrogens (tertiary/aromatic N) is 2. The zero-order valence-electron chi connectivity index (χ0n) is 12.3. The summed E-state index contributed by atoms with van der Waals surface area (Å²) < 4.78 is 0. The molecule has 0 amide bonds. The minimum absolute atomic E-state index is 0.799. The molecule has 2 aliphatic rings. The Morgan fingerprint density at radius 2 is 1.89 bits per heavy atom. The Hall–Kier alpha value is -0.120. The van der Waals surface area contributed by atoms with Gasteiger partial charge in [0.1, 0.15) is 0 Å². The van der Waals surface area contributed by atoms with E-state index >= 15 is 0 Å². The maximum absolute atomic E-state index is 3.67. The lowest BCUT2D eigenvalue weighted by Crippen LogP contribution is -2.41. The molecule has 1 unspecified atom stereocenters. The highest BCUT2D eigenvalue weighted by molar-refractivity contribution is 4.81. The average molecular weight is 253 g/mol. The molecule has 1 aliphatic carbocycles. The van der Waals surface area contributed by atoms with Crippen LogP contribution < -0.4 is 5.32 Å². The fourth-order valence-electron chi connectivity index (χ4n) is 3.56. The van der Waals surface area contributed by atoms with Crippen molar-refractivity contribution in [3.8, 4) is 0 Å². The van der Waals surface area contributed by atoms with Gasteiger partial charge in [0, 0.05) is 25.7 Å². The van der Waals surface area contributed by atoms with Gasteiger partial charge in [-0.3, -0.25) is 4.90 Å². The molecule has 0 spiro atoms.